The Morgan fingerprint density at radius 1 is 1.08 bits per heavy atom. The summed E-state index contributed by atoms with van der Waals surface area (Å²) in [6.45, 7) is 5.75. The van der Waals surface area contributed by atoms with Crippen LogP contribution in [0, 0.1) is 6.92 Å². The van der Waals surface area contributed by atoms with Crippen LogP contribution in [0.3, 0.4) is 0 Å². The van der Waals surface area contributed by atoms with Crippen LogP contribution in [0.25, 0.3) is 6.08 Å². The molecule has 0 unspecified atom stereocenters. The van der Waals surface area contributed by atoms with Gasteiger partial charge in [-0.3, -0.25) is 19.3 Å². The van der Waals surface area contributed by atoms with Crippen LogP contribution in [0.5, 0.6) is 11.5 Å². The average Bonchev–Trinajstić information content (AvgIpc) is 3.15. The molecule has 8 heteroatoms. The average molecular weight is 529 g/mol. The molecular weight excluding hydrogens is 500 g/mol. The Kier molecular flexibility index (Phi) is 8.66. The fourth-order valence-corrected chi connectivity index (χ4v) is 4.81. The van der Waals surface area contributed by atoms with Crippen molar-refractivity contribution in [1.29, 1.82) is 0 Å². The van der Waals surface area contributed by atoms with E-state index in [1.807, 2.05) is 61.5 Å². The number of aryl methyl sites for hydroxylation is 1. The summed E-state index contributed by atoms with van der Waals surface area (Å²) in [6, 6.07) is 20.7. The zero-order valence-electron chi connectivity index (χ0n) is 21.2. The number of rotatable bonds is 10. The molecule has 1 N–H and O–H groups in total. The molecule has 3 aromatic carbocycles. The van der Waals surface area contributed by atoms with Gasteiger partial charge in [0, 0.05) is 11.3 Å². The molecule has 1 aliphatic rings. The van der Waals surface area contributed by atoms with E-state index < -0.39 is 17.1 Å². The van der Waals surface area contributed by atoms with Crippen LogP contribution >= 0.6 is 11.8 Å². The topological polar surface area (TPSA) is 84.9 Å². The number of hydrogen-bond donors (Lipinski definition) is 1. The Balaban J connectivity index is 1.52. The van der Waals surface area contributed by atoms with E-state index in [9.17, 15) is 14.4 Å². The number of ether oxygens (including phenoxy) is 2. The van der Waals surface area contributed by atoms with E-state index in [2.05, 4.69) is 11.9 Å². The Bertz CT molecular complexity index is 1400. The monoisotopic (exact) mass is 528 g/mol. The number of anilines is 1. The van der Waals surface area contributed by atoms with Crippen molar-refractivity contribution in [3.63, 3.8) is 0 Å². The first-order valence-electron chi connectivity index (χ1n) is 12.0. The van der Waals surface area contributed by atoms with E-state index in [4.69, 9.17) is 9.47 Å². The molecule has 1 aliphatic heterocycles. The van der Waals surface area contributed by atoms with Crippen molar-refractivity contribution in [2.45, 2.75) is 20.0 Å². The van der Waals surface area contributed by atoms with E-state index >= 15 is 0 Å². The molecule has 0 aromatic heterocycles. The van der Waals surface area contributed by atoms with Crippen LogP contribution in [-0.4, -0.2) is 35.6 Å². The maximum Gasteiger partial charge on any atom is 0.294 e. The lowest BCUT2D eigenvalue weighted by atomic mass is 10.0. The predicted octanol–water partition coefficient (Wildman–Crippen LogP) is 5.99. The zero-order chi connectivity index (χ0) is 27.1. The summed E-state index contributed by atoms with van der Waals surface area (Å²) in [5, 5.41) is 2.23. The summed E-state index contributed by atoms with van der Waals surface area (Å²) in [7, 11) is 1.55. The van der Waals surface area contributed by atoms with Crippen LogP contribution < -0.4 is 14.8 Å². The highest BCUT2D eigenvalue weighted by molar-refractivity contribution is 8.18. The fraction of sp³-hybridized carbons (Fsp3) is 0.167. The van der Waals surface area contributed by atoms with E-state index in [-0.39, 0.29) is 11.4 Å². The third-order valence-corrected chi connectivity index (χ3v) is 6.65. The summed E-state index contributed by atoms with van der Waals surface area (Å²) >= 11 is 0.798. The number of thioether (sulfide) groups is 1. The Morgan fingerprint density at radius 3 is 2.58 bits per heavy atom. The van der Waals surface area contributed by atoms with E-state index in [1.165, 1.54) is 0 Å². The predicted molar refractivity (Wildman–Crippen MR) is 150 cm³/mol. The standard InChI is InChI=1S/C30H28N2O5S/c1-4-9-23-15-22(16-25(36-3)28(23)37-19-21-11-6-5-7-12-21)17-26-29(34)32(30(35)38-26)18-27(33)31-24-13-8-10-20(2)14-24/h4-8,10-17H,1,9,18-19H2,2-3H3,(H,31,33)/b26-17-. The van der Waals surface area contributed by atoms with E-state index in [0.717, 1.165) is 33.4 Å². The number of imide groups is 1. The van der Waals surface area contributed by atoms with Gasteiger partial charge in [-0.05, 0) is 72.1 Å². The lowest BCUT2D eigenvalue weighted by Gasteiger charge is -2.16. The number of nitrogens with zero attached hydrogens (tertiary/aromatic N) is 1. The summed E-state index contributed by atoms with van der Waals surface area (Å²) in [5.74, 6) is 0.125. The number of nitrogens with one attached hydrogen (secondary N) is 1. The third-order valence-electron chi connectivity index (χ3n) is 5.74. The number of carbonyl (C=O) groups is 3. The lowest BCUT2D eigenvalue weighted by Crippen LogP contribution is -2.36. The van der Waals surface area contributed by atoms with Crippen LogP contribution in [0.1, 0.15) is 22.3 Å². The Morgan fingerprint density at radius 2 is 1.87 bits per heavy atom. The molecule has 1 saturated heterocycles. The first kappa shape index (κ1) is 26.8. The second-order valence-corrected chi connectivity index (χ2v) is 9.66. The van der Waals surface area contributed by atoms with Crippen LogP contribution in [0.15, 0.2) is 84.3 Å². The molecule has 7 nitrogen and oxygen atoms in total. The first-order valence-corrected chi connectivity index (χ1v) is 12.8. The van der Waals surface area contributed by atoms with Crippen LogP contribution in [0.4, 0.5) is 10.5 Å². The summed E-state index contributed by atoms with van der Waals surface area (Å²) < 4.78 is 11.7. The Hall–Kier alpha value is -4.30. The smallest absolute Gasteiger partial charge is 0.294 e. The second-order valence-electron chi connectivity index (χ2n) is 8.66. The number of allylic oxidation sites excluding steroid dienone is 1. The molecular formula is C30H28N2O5S. The summed E-state index contributed by atoms with van der Waals surface area (Å²) in [4.78, 5) is 39.3. The Labute approximate surface area is 226 Å². The molecule has 1 fully saturated rings. The molecule has 0 saturated carbocycles. The number of amides is 3. The van der Waals surface area contributed by atoms with Gasteiger partial charge in [0.15, 0.2) is 11.5 Å². The van der Waals surface area contributed by atoms with Gasteiger partial charge in [-0.15, -0.1) is 6.58 Å². The van der Waals surface area contributed by atoms with E-state index in [0.29, 0.717) is 35.8 Å². The minimum atomic E-state index is -0.520. The molecule has 3 amide bonds. The minimum Gasteiger partial charge on any atom is -0.493 e. The highest BCUT2D eigenvalue weighted by Crippen LogP contribution is 2.37. The molecule has 194 valence electrons. The molecule has 38 heavy (non-hydrogen) atoms. The zero-order valence-corrected chi connectivity index (χ0v) is 22.0. The van der Waals surface area contributed by atoms with Crippen molar-refractivity contribution in [3.8, 4) is 11.5 Å². The molecule has 0 radical (unpaired) electrons. The molecule has 3 aromatic rings. The number of hydrogen-bond acceptors (Lipinski definition) is 6. The first-order chi connectivity index (χ1) is 18.4. The second kappa shape index (κ2) is 12.3. The normalized spacial score (nSPS) is 14.1. The number of carbonyl (C=O) groups excluding carboxylic acids is 3. The van der Waals surface area contributed by atoms with Gasteiger partial charge < -0.3 is 14.8 Å². The lowest BCUT2D eigenvalue weighted by molar-refractivity contribution is -0.127. The number of benzene rings is 3. The van der Waals surface area contributed by atoms with Gasteiger partial charge in [-0.1, -0.05) is 48.5 Å². The quantitative estimate of drug-likeness (QED) is 0.257. The van der Waals surface area contributed by atoms with Gasteiger partial charge in [0.05, 0.1) is 12.0 Å². The highest BCUT2D eigenvalue weighted by atomic mass is 32.2. The number of methoxy groups -OCH3 is 1. The highest BCUT2D eigenvalue weighted by Gasteiger charge is 2.36. The van der Waals surface area contributed by atoms with Crippen molar-refractivity contribution in [3.05, 3.63) is 107 Å². The van der Waals surface area contributed by atoms with Gasteiger partial charge in [-0.25, -0.2) is 0 Å². The third kappa shape index (κ3) is 6.52. The van der Waals surface area contributed by atoms with Gasteiger partial charge in [0.25, 0.3) is 11.1 Å². The molecule has 1 heterocycles. The van der Waals surface area contributed by atoms with Gasteiger partial charge >= 0.3 is 0 Å². The molecule has 0 bridgehead atoms. The van der Waals surface area contributed by atoms with Crippen molar-refractivity contribution in [1.82, 2.24) is 4.90 Å². The molecule has 0 atom stereocenters. The van der Waals surface area contributed by atoms with Crippen LogP contribution in [0.2, 0.25) is 0 Å². The summed E-state index contributed by atoms with van der Waals surface area (Å²) in [5.41, 5.74) is 4.11. The van der Waals surface area contributed by atoms with Crippen molar-refractivity contribution >= 4 is 40.6 Å². The fourth-order valence-electron chi connectivity index (χ4n) is 3.97. The maximum atomic E-state index is 13.0. The van der Waals surface area contributed by atoms with Crippen molar-refractivity contribution in [2.24, 2.45) is 0 Å². The van der Waals surface area contributed by atoms with Gasteiger partial charge in [0.1, 0.15) is 13.2 Å². The minimum absolute atomic E-state index is 0.225. The maximum absolute atomic E-state index is 13.0. The SMILES string of the molecule is C=CCc1cc(/C=C2\SC(=O)N(CC(=O)Nc3cccc(C)c3)C2=O)cc(OC)c1OCc1ccccc1. The van der Waals surface area contributed by atoms with Crippen LogP contribution in [-0.2, 0) is 22.6 Å². The molecule has 0 aliphatic carbocycles. The summed E-state index contributed by atoms with van der Waals surface area (Å²) in [6.07, 6.45) is 3.90. The molecule has 0 spiro atoms. The van der Waals surface area contributed by atoms with Crippen molar-refractivity contribution < 1.29 is 23.9 Å². The van der Waals surface area contributed by atoms with Gasteiger partial charge in [0.2, 0.25) is 5.91 Å². The van der Waals surface area contributed by atoms with Crippen molar-refractivity contribution in [2.75, 3.05) is 19.0 Å². The van der Waals surface area contributed by atoms with Gasteiger partial charge in [-0.2, -0.15) is 0 Å². The van der Waals surface area contributed by atoms with E-state index in [1.54, 1.807) is 31.4 Å². The largest absolute Gasteiger partial charge is 0.493 e. The molecule has 4 rings (SSSR count).